The van der Waals surface area contributed by atoms with E-state index in [-0.39, 0.29) is 5.78 Å². The molecule has 1 aromatic rings. The number of nitrogens with zero attached hydrogens (tertiary/aromatic N) is 2. The van der Waals surface area contributed by atoms with Crippen LogP contribution >= 0.6 is 0 Å². The molecule has 1 aromatic carbocycles. The Morgan fingerprint density at radius 2 is 2.00 bits per heavy atom. The Balaban J connectivity index is 2.46. The molecule has 0 saturated heterocycles. The number of carbonyl (C=O) groups excluding carboxylic acids is 1. The predicted octanol–water partition coefficient (Wildman–Crippen LogP) is 2.40. The summed E-state index contributed by atoms with van der Waals surface area (Å²) < 4.78 is 5.38. The van der Waals surface area contributed by atoms with E-state index in [2.05, 4.69) is 4.90 Å². The zero-order chi connectivity index (χ0) is 13.9. The summed E-state index contributed by atoms with van der Waals surface area (Å²) >= 11 is 0. The Morgan fingerprint density at radius 3 is 2.63 bits per heavy atom. The minimum Gasteiger partial charge on any atom is -0.379 e. The minimum atomic E-state index is 0.186. The molecule has 0 atom stereocenters. The first-order valence-corrected chi connectivity index (χ1v) is 6.48. The fourth-order valence-electron chi connectivity index (χ4n) is 1.70. The van der Waals surface area contributed by atoms with E-state index < -0.39 is 0 Å². The van der Waals surface area contributed by atoms with E-state index in [1.54, 1.807) is 6.92 Å². The van der Waals surface area contributed by atoms with Crippen LogP contribution in [0.2, 0.25) is 0 Å². The highest BCUT2D eigenvalue weighted by molar-refractivity contribution is 5.76. The Morgan fingerprint density at radius 1 is 1.26 bits per heavy atom. The van der Waals surface area contributed by atoms with Crippen molar-refractivity contribution in [2.45, 2.75) is 19.8 Å². The van der Waals surface area contributed by atoms with Crippen molar-refractivity contribution in [2.24, 2.45) is 0 Å². The van der Waals surface area contributed by atoms with Crippen molar-refractivity contribution in [3.8, 4) is 6.07 Å². The van der Waals surface area contributed by atoms with Gasteiger partial charge in [-0.15, -0.1) is 0 Å². The molecular weight excluding hydrogens is 240 g/mol. The van der Waals surface area contributed by atoms with Gasteiger partial charge in [-0.25, -0.2) is 0 Å². The zero-order valence-corrected chi connectivity index (χ0v) is 11.3. The maximum absolute atomic E-state index is 11.1. The SMILES string of the molecule is CC(=O)CCN(CCOCCC#N)c1ccccc1. The highest BCUT2D eigenvalue weighted by atomic mass is 16.5. The van der Waals surface area contributed by atoms with Crippen LogP contribution in [0.5, 0.6) is 0 Å². The van der Waals surface area contributed by atoms with E-state index in [1.807, 2.05) is 36.4 Å². The molecule has 0 heterocycles. The van der Waals surface area contributed by atoms with Gasteiger partial charge < -0.3 is 9.64 Å². The van der Waals surface area contributed by atoms with Gasteiger partial charge in [0.05, 0.1) is 25.7 Å². The lowest BCUT2D eigenvalue weighted by atomic mass is 10.2. The first-order valence-electron chi connectivity index (χ1n) is 6.48. The highest BCUT2D eigenvalue weighted by Gasteiger charge is 2.07. The van der Waals surface area contributed by atoms with E-state index in [0.717, 1.165) is 12.2 Å². The van der Waals surface area contributed by atoms with Gasteiger partial charge in [0.25, 0.3) is 0 Å². The van der Waals surface area contributed by atoms with Crippen LogP contribution < -0.4 is 4.90 Å². The molecule has 0 bridgehead atoms. The molecule has 19 heavy (non-hydrogen) atoms. The zero-order valence-electron chi connectivity index (χ0n) is 11.3. The van der Waals surface area contributed by atoms with Crippen LogP contribution in [-0.2, 0) is 9.53 Å². The van der Waals surface area contributed by atoms with Crippen LogP contribution in [0.3, 0.4) is 0 Å². The molecule has 0 aliphatic heterocycles. The number of carbonyl (C=O) groups is 1. The summed E-state index contributed by atoms with van der Waals surface area (Å²) in [6.07, 6.45) is 0.950. The van der Waals surface area contributed by atoms with Crippen molar-refractivity contribution in [1.82, 2.24) is 0 Å². The molecule has 0 aliphatic rings. The average Bonchev–Trinajstić information content (AvgIpc) is 2.42. The maximum Gasteiger partial charge on any atom is 0.131 e. The van der Waals surface area contributed by atoms with Crippen LogP contribution in [0.25, 0.3) is 0 Å². The van der Waals surface area contributed by atoms with Crippen LogP contribution in [0.4, 0.5) is 5.69 Å². The first-order chi connectivity index (χ1) is 9.24. The molecule has 0 fully saturated rings. The number of hydrogen-bond acceptors (Lipinski definition) is 4. The molecule has 0 radical (unpaired) electrons. The summed E-state index contributed by atoms with van der Waals surface area (Å²) in [5, 5.41) is 8.42. The molecule has 0 saturated carbocycles. The summed E-state index contributed by atoms with van der Waals surface area (Å²) in [6, 6.07) is 12.0. The lowest BCUT2D eigenvalue weighted by Crippen LogP contribution is -2.29. The number of benzene rings is 1. The number of nitriles is 1. The molecule has 102 valence electrons. The van der Waals surface area contributed by atoms with Crippen LogP contribution in [0, 0.1) is 11.3 Å². The van der Waals surface area contributed by atoms with Crippen molar-refractivity contribution in [2.75, 3.05) is 31.2 Å². The summed E-state index contributed by atoms with van der Waals surface area (Å²) in [5.41, 5.74) is 1.09. The number of hydrogen-bond donors (Lipinski definition) is 0. The maximum atomic E-state index is 11.1. The standard InChI is InChI=1S/C15H20N2O2/c1-14(18)8-10-17(11-13-19-12-5-9-16)15-6-3-2-4-7-15/h2-4,6-7H,5,8,10-13H2,1H3. The number of Topliss-reactive ketones (excluding diaryl/α,β-unsaturated/α-hetero) is 1. The normalized spacial score (nSPS) is 9.89. The lowest BCUT2D eigenvalue weighted by Gasteiger charge is -2.24. The number of rotatable bonds is 9. The summed E-state index contributed by atoms with van der Waals surface area (Å²) in [6.45, 7) is 4.05. The third-order valence-corrected chi connectivity index (χ3v) is 2.72. The second-order valence-electron chi connectivity index (χ2n) is 4.30. The van der Waals surface area contributed by atoms with E-state index in [9.17, 15) is 4.79 Å². The smallest absolute Gasteiger partial charge is 0.131 e. The summed E-state index contributed by atoms with van der Waals surface area (Å²) in [7, 11) is 0. The fourth-order valence-corrected chi connectivity index (χ4v) is 1.70. The number of para-hydroxylation sites is 1. The molecule has 0 aliphatic carbocycles. The van der Waals surface area contributed by atoms with E-state index >= 15 is 0 Å². The van der Waals surface area contributed by atoms with E-state index in [0.29, 0.717) is 32.6 Å². The molecule has 0 aromatic heterocycles. The number of ketones is 1. The molecule has 1 rings (SSSR count). The quantitative estimate of drug-likeness (QED) is 0.640. The van der Waals surface area contributed by atoms with Gasteiger partial charge in [0.2, 0.25) is 0 Å². The largest absolute Gasteiger partial charge is 0.379 e. The minimum absolute atomic E-state index is 0.186. The van der Waals surface area contributed by atoms with Gasteiger partial charge in [0, 0.05) is 25.2 Å². The Kier molecular flexibility index (Phi) is 7.30. The molecule has 4 nitrogen and oxygen atoms in total. The Bertz CT molecular complexity index is 412. The van der Waals surface area contributed by atoms with Crippen molar-refractivity contribution in [3.05, 3.63) is 30.3 Å². The molecule has 0 N–H and O–H groups in total. The topological polar surface area (TPSA) is 53.3 Å². The Hall–Kier alpha value is -1.86. The van der Waals surface area contributed by atoms with Crippen molar-refractivity contribution >= 4 is 11.5 Å². The van der Waals surface area contributed by atoms with E-state index in [1.165, 1.54) is 0 Å². The predicted molar refractivity (Wildman–Crippen MR) is 75.0 cm³/mol. The molecule has 0 amide bonds. The monoisotopic (exact) mass is 260 g/mol. The summed E-state index contributed by atoms with van der Waals surface area (Å²) in [5.74, 6) is 0.186. The van der Waals surface area contributed by atoms with Crippen molar-refractivity contribution in [3.63, 3.8) is 0 Å². The molecule has 0 spiro atoms. The van der Waals surface area contributed by atoms with Gasteiger partial charge >= 0.3 is 0 Å². The van der Waals surface area contributed by atoms with Crippen LogP contribution in [-0.4, -0.2) is 32.1 Å². The van der Waals surface area contributed by atoms with E-state index in [4.69, 9.17) is 10.00 Å². The van der Waals surface area contributed by atoms with Gasteiger partial charge in [0.1, 0.15) is 5.78 Å². The van der Waals surface area contributed by atoms with Crippen LogP contribution in [0.15, 0.2) is 30.3 Å². The second-order valence-corrected chi connectivity index (χ2v) is 4.30. The van der Waals surface area contributed by atoms with Gasteiger partial charge in [-0.3, -0.25) is 4.79 Å². The third kappa shape index (κ3) is 6.58. The average molecular weight is 260 g/mol. The Labute approximate surface area is 114 Å². The van der Waals surface area contributed by atoms with Crippen LogP contribution in [0.1, 0.15) is 19.8 Å². The van der Waals surface area contributed by atoms with Gasteiger partial charge in [-0.2, -0.15) is 5.26 Å². The highest BCUT2D eigenvalue weighted by Crippen LogP contribution is 2.13. The third-order valence-electron chi connectivity index (χ3n) is 2.72. The second kappa shape index (κ2) is 9.12. The molecular formula is C15H20N2O2. The molecule has 4 heteroatoms. The van der Waals surface area contributed by atoms with Crippen molar-refractivity contribution in [1.29, 1.82) is 5.26 Å². The van der Waals surface area contributed by atoms with Gasteiger partial charge in [-0.05, 0) is 19.1 Å². The summed E-state index contributed by atoms with van der Waals surface area (Å²) in [4.78, 5) is 13.2. The van der Waals surface area contributed by atoms with Gasteiger partial charge in [-0.1, -0.05) is 18.2 Å². The number of anilines is 1. The molecule has 0 unspecified atom stereocenters. The first kappa shape index (κ1) is 15.2. The fraction of sp³-hybridized carbons (Fsp3) is 0.467. The van der Waals surface area contributed by atoms with Gasteiger partial charge in [0.15, 0.2) is 0 Å². The number of ether oxygens (including phenoxy) is 1. The van der Waals surface area contributed by atoms with Crippen molar-refractivity contribution < 1.29 is 9.53 Å². The lowest BCUT2D eigenvalue weighted by molar-refractivity contribution is -0.116.